The van der Waals surface area contributed by atoms with E-state index in [2.05, 4.69) is 21.0 Å². The van der Waals surface area contributed by atoms with Crippen molar-refractivity contribution >= 4 is 15.9 Å². The third-order valence-corrected chi connectivity index (χ3v) is 2.70. The normalized spacial score (nSPS) is 13.5. The standard InChI is InChI=1S/C9H13BrF2N2O/c1-3-6(2)15-5-8-7(10)4-14(13-8)9(11)12/h4,6,9H,3,5H2,1-2H3. The maximum absolute atomic E-state index is 12.3. The molecule has 1 atom stereocenters. The lowest BCUT2D eigenvalue weighted by molar-refractivity contribution is 0.0413. The van der Waals surface area contributed by atoms with Crippen LogP contribution in [0.3, 0.4) is 0 Å². The van der Waals surface area contributed by atoms with Gasteiger partial charge in [-0.25, -0.2) is 4.68 Å². The molecule has 1 unspecified atom stereocenters. The van der Waals surface area contributed by atoms with E-state index >= 15 is 0 Å². The molecule has 0 aliphatic heterocycles. The third kappa shape index (κ3) is 3.53. The highest BCUT2D eigenvalue weighted by molar-refractivity contribution is 9.10. The van der Waals surface area contributed by atoms with Gasteiger partial charge in [-0.15, -0.1) is 0 Å². The quantitative estimate of drug-likeness (QED) is 0.828. The zero-order valence-corrected chi connectivity index (χ0v) is 10.2. The summed E-state index contributed by atoms with van der Waals surface area (Å²) in [5.41, 5.74) is 0.496. The fourth-order valence-corrected chi connectivity index (χ4v) is 1.35. The van der Waals surface area contributed by atoms with E-state index in [4.69, 9.17) is 4.74 Å². The van der Waals surface area contributed by atoms with Crippen molar-refractivity contribution < 1.29 is 13.5 Å². The van der Waals surface area contributed by atoms with Gasteiger partial charge >= 0.3 is 6.55 Å². The first-order chi connectivity index (χ1) is 7.04. The highest BCUT2D eigenvalue weighted by atomic mass is 79.9. The number of halogens is 3. The Hall–Kier alpha value is -0.490. The molecule has 0 aromatic carbocycles. The van der Waals surface area contributed by atoms with E-state index in [1.54, 1.807) is 0 Å². The van der Waals surface area contributed by atoms with E-state index in [0.717, 1.165) is 6.42 Å². The van der Waals surface area contributed by atoms with Gasteiger partial charge in [0, 0.05) is 6.20 Å². The molecule has 1 rings (SSSR count). The zero-order chi connectivity index (χ0) is 11.4. The van der Waals surface area contributed by atoms with E-state index in [-0.39, 0.29) is 12.7 Å². The predicted octanol–water partition coefficient (Wildman–Crippen LogP) is 3.36. The van der Waals surface area contributed by atoms with Crippen molar-refractivity contribution in [1.82, 2.24) is 9.78 Å². The second-order valence-electron chi connectivity index (χ2n) is 3.21. The van der Waals surface area contributed by atoms with Crippen LogP contribution in [0.1, 0.15) is 32.5 Å². The van der Waals surface area contributed by atoms with Crippen molar-refractivity contribution in [3.05, 3.63) is 16.4 Å². The molecule has 0 N–H and O–H groups in total. The summed E-state index contributed by atoms with van der Waals surface area (Å²) in [6.45, 7) is 1.56. The molecule has 0 aliphatic carbocycles. The van der Waals surface area contributed by atoms with Gasteiger partial charge in [0.05, 0.1) is 17.2 Å². The smallest absolute Gasteiger partial charge is 0.333 e. The lowest BCUT2D eigenvalue weighted by atomic mass is 10.3. The minimum absolute atomic E-state index is 0.105. The second kappa shape index (κ2) is 5.55. The average Bonchev–Trinajstić information content (AvgIpc) is 2.56. The van der Waals surface area contributed by atoms with E-state index < -0.39 is 6.55 Å². The van der Waals surface area contributed by atoms with Crippen LogP contribution in [0.15, 0.2) is 10.7 Å². The lowest BCUT2D eigenvalue weighted by Crippen LogP contribution is -2.07. The first kappa shape index (κ1) is 12.6. The molecule has 0 fully saturated rings. The average molecular weight is 283 g/mol. The van der Waals surface area contributed by atoms with Crippen LogP contribution in [0.4, 0.5) is 8.78 Å². The summed E-state index contributed by atoms with van der Waals surface area (Å²) < 4.78 is 31.1. The van der Waals surface area contributed by atoms with Crippen LogP contribution in [-0.4, -0.2) is 15.9 Å². The Morgan fingerprint density at radius 3 is 2.73 bits per heavy atom. The molecule has 86 valence electrons. The van der Waals surface area contributed by atoms with Crippen molar-refractivity contribution in [3.8, 4) is 0 Å². The number of nitrogens with zero attached hydrogens (tertiary/aromatic N) is 2. The number of aromatic nitrogens is 2. The topological polar surface area (TPSA) is 27.1 Å². The molecular formula is C9H13BrF2N2O. The summed E-state index contributed by atoms with van der Waals surface area (Å²) in [6.07, 6.45) is 2.24. The molecule has 0 amide bonds. The van der Waals surface area contributed by atoms with Crippen LogP contribution < -0.4 is 0 Å². The van der Waals surface area contributed by atoms with E-state index in [9.17, 15) is 8.78 Å². The molecule has 0 saturated heterocycles. The Morgan fingerprint density at radius 2 is 2.27 bits per heavy atom. The van der Waals surface area contributed by atoms with Crippen molar-refractivity contribution in [1.29, 1.82) is 0 Å². The molecule has 1 aromatic rings. The van der Waals surface area contributed by atoms with Gasteiger partial charge in [-0.05, 0) is 29.3 Å². The van der Waals surface area contributed by atoms with Crippen LogP contribution in [0.2, 0.25) is 0 Å². The van der Waals surface area contributed by atoms with Crippen molar-refractivity contribution in [2.75, 3.05) is 0 Å². The molecule has 15 heavy (non-hydrogen) atoms. The van der Waals surface area contributed by atoms with Gasteiger partial charge in [0.1, 0.15) is 5.69 Å². The van der Waals surface area contributed by atoms with E-state index in [1.165, 1.54) is 6.20 Å². The Kier molecular flexibility index (Phi) is 4.66. The van der Waals surface area contributed by atoms with Gasteiger partial charge in [-0.3, -0.25) is 0 Å². The first-order valence-electron chi connectivity index (χ1n) is 4.67. The molecule has 6 heteroatoms. The van der Waals surface area contributed by atoms with Gasteiger partial charge in [0.15, 0.2) is 0 Å². The van der Waals surface area contributed by atoms with Gasteiger partial charge in [0.25, 0.3) is 0 Å². The molecule has 0 spiro atoms. The summed E-state index contributed by atoms with van der Waals surface area (Å²) in [7, 11) is 0. The van der Waals surface area contributed by atoms with Crippen LogP contribution in [0, 0.1) is 0 Å². The van der Waals surface area contributed by atoms with E-state index in [1.807, 2.05) is 13.8 Å². The van der Waals surface area contributed by atoms with E-state index in [0.29, 0.717) is 14.8 Å². The maximum Gasteiger partial charge on any atom is 0.333 e. The maximum atomic E-state index is 12.3. The molecule has 0 radical (unpaired) electrons. The molecular weight excluding hydrogens is 270 g/mol. The number of hydrogen-bond acceptors (Lipinski definition) is 2. The SMILES string of the molecule is CCC(C)OCc1nn(C(F)F)cc1Br. The molecule has 1 heterocycles. The number of hydrogen-bond donors (Lipinski definition) is 0. The highest BCUT2D eigenvalue weighted by Crippen LogP contribution is 2.20. The second-order valence-corrected chi connectivity index (χ2v) is 4.07. The summed E-state index contributed by atoms with van der Waals surface area (Å²) in [4.78, 5) is 0. The Morgan fingerprint density at radius 1 is 1.60 bits per heavy atom. The minimum Gasteiger partial charge on any atom is -0.372 e. The first-order valence-corrected chi connectivity index (χ1v) is 5.47. The summed E-state index contributed by atoms with van der Waals surface area (Å²) in [5.74, 6) is 0. The molecule has 3 nitrogen and oxygen atoms in total. The van der Waals surface area contributed by atoms with Gasteiger partial charge < -0.3 is 4.74 Å². The molecule has 0 saturated carbocycles. The van der Waals surface area contributed by atoms with Crippen molar-refractivity contribution in [3.63, 3.8) is 0 Å². The van der Waals surface area contributed by atoms with Crippen LogP contribution >= 0.6 is 15.9 Å². The summed E-state index contributed by atoms with van der Waals surface area (Å²) in [5, 5.41) is 3.71. The number of rotatable bonds is 5. The van der Waals surface area contributed by atoms with Gasteiger partial charge in [0.2, 0.25) is 0 Å². The van der Waals surface area contributed by atoms with Crippen molar-refractivity contribution in [2.24, 2.45) is 0 Å². The molecule has 1 aromatic heterocycles. The largest absolute Gasteiger partial charge is 0.372 e. The van der Waals surface area contributed by atoms with Crippen molar-refractivity contribution in [2.45, 2.75) is 39.5 Å². The van der Waals surface area contributed by atoms with Crippen LogP contribution in [0.5, 0.6) is 0 Å². The fraction of sp³-hybridized carbons (Fsp3) is 0.667. The predicted molar refractivity (Wildman–Crippen MR) is 55.7 cm³/mol. The molecule has 0 bridgehead atoms. The zero-order valence-electron chi connectivity index (χ0n) is 8.58. The highest BCUT2D eigenvalue weighted by Gasteiger charge is 2.13. The number of ether oxygens (including phenoxy) is 1. The summed E-state index contributed by atoms with van der Waals surface area (Å²) in [6, 6.07) is 0. The Balaban J connectivity index is 2.61. The number of alkyl halides is 2. The Labute approximate surface area is 95.5 Å². The molecule has 0 aliphatic rings. The Bertz CT molecular complexity index is 317. The third-order valence-electron chi connectivity index (χ3n) is 2.04. The van der Waals surface area contributed by atoms with Crippen LogP contribution in [0.25, 0.3) is 0 Å². The summed E-state index contributed by atoms with van der Waals surface area (Å²) >= 11 is 3.16. The lowest BCUT2D eigenvalue weighted by Gasteiger charge is -2.08. The minimum atomic E-state index is -2.61. The monoisotopic (exact) mass is 282 g/mol. The van der Waals surface area contributed by atoms with Gasteiger partial charge in [-0.1, -0.05) is 6.92 Å². The fourth-order valence-electron chi connectivity index (χ4n) is 0.944. The van der Waals surface area contributed by atoms with Gasteiger partial charge in [-0.2, -0.15) is 13.9 Å². The van der Waals surface area contributed by atoms with Crippen LogP contribution in [-0.2, 0) is 11.3 Å².